The van der Waals surface area contributed by atoms with Crippen molar-refractivity contribution in [2.45, 2.75) is 56.9 Å². The van der Waals surface area contributed by atoms with Crippen LogP contribution in [0.15, 0.2) is 22.7 Å². The van der Waals surface area contributed by atoms with Gasteiger partial charge in [0.25, 0.3) is 0 Å². The highest BCUT2D eigenvalue weighted by atomic mass is 16.5. The minimum atomic E-state index is 0.228. The highest BCUT2D eigenvalue weighted by molar-refractivity contribution is 5.43. The molecule has 8 heteroatoms. The summed E-state index contributed by atoms with van der Waals surface area (Å²) >= 11 is 0. The number of nitrogens with zero attached hydrogens (tertiary/aromatic N) is 5. The molecule has 1 aromatic carbocycles. The van der Waals surface area contributed by atoms with Crippen LogP contribution in [0.3, 0.4) is 0 Å². The number of ether oxygens (including phenoxy) is 2. The molecule has 1 fully saturated rings. The molecule has 152 valence electrons. The number of hydrogen-bond acceptors (Lipinski definition) is 7. The molecule has 0 N–H and O–H groups in total. The largest absolute Gasteiger partial charge is 0.493 e. The zero-order valence-electron chi connectivity index (χ0n) is 16.8. The van der Waals surface area contributed by atoms with Gasteiger partial charge in [-0.1, -0.05) is 16.4 Å². The van der Waals surface area contributed by atoms with Crippen molar-refractivity contribution in [2.24, 2.45) is 0 Å². The number of rotatable bonds is 6. The second-order valence-electron chi connectivity index (χ2n) is 7.87. The second-order valence-corrected chi connectivity index (χ2v) is 7.87. The van der Waals surface area contributed by atoms with Crippen LogP contribution in [0.25, 0.3) is 0 Å². The molecule has 2 aliphatic carbocycles. The lowest BCUT2D eigenvalue weighted by Gasteiger charge is -2.28. The molecule has 8 nitrogen and oxygen atoms in total. The second kappa shape index (κ2) is 7.50. The van der Waals surface area contributed by atoms with Crippen LogP contribution in [0, 0.1) is 0 Å². The van der Waals surface area contributed by atoms with Crippen molar-refractivity contribution in [3.63, 3.8) is 0 Å². The van der Waals surface area contributed by atoms with Gasteiger partial charge < -0.3 is 14.0 Å². The summed E-state index contributed by atoms with van der Waals surface area (Å²) in [6.07, 6.45) is 7.04. The number of fused-ring (bicyclic) bond motifs is 1. The smallest absolute Gasteiger partial charge is 0.230 e. The summed E-state index contributed by atoms with van der Waals surface area (Å²) in [6, 6.07) is 6.36. The van der Waals surface area contributed by atoms with Gasteiger partial charge in [-0.05, 0) is 49.8 Å². The standard InChI is InChI=1S/C21H25N5O3/c1-27-18-9-6-13(10-19(18)28-2)11-20-22-21(29-24-20)14-7-8-16-17(12-14)26(25-23-16)15-4-3-5-15/h6,9-10,14-15H,3-5,7-8,11-12H2,1-2H3. The summed E-state index contributed by atoms with van der Waals surface area (Å²) in [6.45, 7) is 0. The summed E-state index contributed by atoms with van der Waals surface area (Å²) in [4.78, 5) is 4.69. The quantitative estimate of drug-likeness (QED) is 0.633. The lowest BCUT2D eigenvalue weighted by Crippen LogP contribution is -2.23. The van der Waals surface area contributed by atoms with E-state index in [1.54, 1.807) is 14.2 Å². The number of aryl methyl sites for hydroxylation is 1. The average molecular weight is 395 g/mol. The Balaban J connectivity index is 1.31. The molecule has 3 aromatic rings. The monoisotopic (exact) mass is 395 g/mol. The first-order chi connectivity index (χ1) is 14.2. The fraction of sp³-hybridized carbons (Fsp3) is 0.524. The fourth-order valence-corrected chi connectivity index (χ4v) is 4.21. The maximum Gasteiger partial charge on any atom is 0.230 e. The lowest BCUT2D eigenvalue weighted by molar-refractivity contribution is 0.271. The van der Waals surface area contributed by atoms with Gasteiger partial charge in [0.05, 0.1) is 31.6 Å². The van der Waals surface area contributed by atoms with E-state index in [1.165, 1.54) is 25.0 Å². The molecule has 0 radical (unpaired) electrons. The van der Waals surface area contributed by atoms with Gasteiger partial charge in [0.1, 0.15) is 0 Å². The van der Waals surface area contributed by atoms with Gasteiger partial charge in [0, 0.05) is 18.8 Å². The molecule has 0 amide bonds. The molecule has 1 saturated carbocycles. The Bertz CT molecular complexity index is 1010. The highest BCUT2D eigenvalue weighted by Crippen LogP contribution is 2.37. The van der Waals surface area contributed by atoms with Crippen LogP contribution in [0.4, 0.5) is 0 Å². The van der Waals surface area contributed by atoms with Gasteiger partial charge in [-0.2, -0.15) is 4.98 Å². The molecule has 2 heterocycles. The first-order valence-corrected chi connectivity index (χ1v) is 10.2. The Kier molecular flexibility index (Phi) is 4.69. The van der Waals surface area contributed by atoms with E-state index in [1.807, 2.05) is 18.2 Å². The maximum absolute atomic E-state index is 5.64. The van der Waals surface area contributed by atoms with Crippen molar-refractivity contribution < 1.29 is 14.0 Å². The topological polar surface area (TPSA) is 88.1 Å². The van der Waals surface area contributed by atoms with Crippen LogP contribution in [0.1, 0.15) is 66.3 Å². The van der Waals surface area contributed by atoms with E-state index in [4.69, 9.17) is 19.0 Å². The van der Waals surface area contributed by atoms with Crippen molar-refractivity contribution >= 4 is 0 Å². The molecule has 1 atom stereocenters. The molecule has 0 spiro atoms. The molecule has 0 saturated heterocycles. The summed E-state index contributed by atoms with van der Waals surface area (Å²) < 4.78 is 18.5. The van der Waals surface area contributed by atoms with Gasteiger partial charge in [0.2, 0.25) is 5.89 Å². The van der Waals surface area contributed by atoms with E-state index in [2.05, 4.69) is 20.2 Å². The van der Waals surface area contributed by atoms with Crippen LogP contribution in [-0.4, -0.2) is 39.4 Å². The molecular weight excluding hydrogens is 370 g/mol. The van der Waals surface area contributed by atoms with Gasteiger partial charge >= 0.3 is 0 Å². The number of benzene rings is 1. The zero-order chi connectivity index (χ0) is 19.8. The Morgan fingerprint density at radius 2 is 2.00 bits per heavy atom. The molecule has 2 aliphatic rings. The van der Waals surface area contributed by atoms with Crippen molar-refractivity contribution in [2.75, 3.05) is 14.2 Å². The van der Waals surface area contributed by atoms with Crippen LogP contribution in [0.5, 0.6) is 11.5 Å². The van der Waals surface area contributed by atoms with E-state index in [0.29, 0.717) is 35.7 Å². The maximum atomic E-state index is 5.64. The van der Waals surface area contributed by atoms with Gasteiger partial charge in [-0.15, -0.1) is 5.10 Å². The Morgan fingerprint density at radius 1 is 1.14 bits per heavy atom. The van der Waals surface area contributed by atoms with Crippen molar-refractivity contribution in [1.82, 2.24) is 25.1 Å². The van der Waals surface area contributed by atoms with Gasteiger partial charge in [-0.25, -0.2) is 4.68 Å². The van der Waals surface area contributed by atoms with Crippen molar-refractivity contribution in [3.8, 4) is 11.5 Å². The van der Waals surface area contributed by atoms with Crippen LogP contribution >= 0.6 is 0 Å². The van der Waals surface area contributed by atoms with Gasteiger partial charge in [-0.3, -0.25) is 0 Å². The number of hydrogen-bond donors (Lipinski definition) is 0. The van der Waals surface area contributed by atoms with Crippen molar-refractivity contribution in [3.05, 3.63) is 46.9 Å². The molecular formula is C21H25N5O3. The molecule has 29 heavy (non-hydrogen) atoms. The Morgan fingerprint density at radius 3 is 2.76 bits per heavy atom. The third kappa shape index (κ3) is 3.36. The minimum Gasteiger partial charge on any atom is -0.493 e. The Hall–Kier alpha value is -2.90. The summed E-state index contributed by atoms with van der Waals surface area (Å²) in [7, 11) is 3.26. The Labute approximate surface area is 169 Å². The lowest BCUT2D eigenvalue weighted by atomic mass is 9.87. The normalized spacial score (nSPS) is 18.9. The fourth-order valence-electron chi connectivity index (χ4n) is 4.21. The molecule has 1 unspecified atom stereocenters. The SMILES string of the molecule is COc1ccc(Cc2noc(C3CCc4nnn(C5CCC5)c4C3)n2)cc1OC. The number of aromatic nitrogens is 5. The predicted molar refractivity (Wildman–Crippen MR) is 104 cm³/mol. The van der Waals surface area contributed by atoms with E-state index in [0.717, 1.165) is 30.5 Å². The summed E-state index contributed by atoms with van der Waals surface area (Å²) in [5, 5.41) is 13.0. The molecule has 0 bridgehead atoms. The van der Waals surface area contributed by atoms with Crippen LogP contribution in [0.2, 0.25) is 0 Å². The van der Waals surface area contributed by atoms with Crippen molar-refractivity contribution in [1.29, 1.82) is 0 Å². The van der Waals surface area contributed by atoms with E-state index in [-0.39, 0.29) is 5.92 Å². The first-order valence-electron chi connectivity index (χ1n) is 10.2. The molecule has 0 aliphatic heterocycles. The average Bonchev–Trinajstić information content (AvgIpc) is 3.34. The van der Waals surface area contributed by atoms with E-state index >= 15 is 0 Å². The zero-order valence-corrected chi connectivity index (χ0v) is 16.8. The molecule has 5 rings (SSSR count). The third-order valence-electron chi connectivity index (χ3n) is 6.10. The summed E-state index contributed by atoms with van der Waals surface area (Å²) in [5.74, 6) is 3.03. The highest BCUT2D eigenvalue weighted by Gasteiger charge is 2.32. The van der Waals surface area contributed by atoms with Crippen LogP contribution in [-0.2, 0) is 19.3 Å². The molecule has 2 aromatic heterocycles. The number of methoxy groups -OCH3 is 2. The third-order valence-corrected chi connectivity index (χ3v) is 6.10. The summed E-state index contributed by atoms with van der Waals surface area (Å²) in [5.41, 5.74) is 3.44. The van der Waals surface area contributed by atoms with E-state index < -0.39 is 0 Å². The van der Waals surface area contributed by atoms with Crippen LogP contribution < -0.4 is 9.47 Å². The first kappa shape index (κ1) is 18.1. The van der Waals surface area contributed by atoms with E-state index in [9.17, 15) is 0 Å². The van der Waals surface area contributed by atoms with Gasteiger partial charge in [0.15, 0.2) is 17.3 Å². The predicted octanol–water partition coefficient (Wildman–Crippen LogP) is 3.27. The minimum absolute atomic E-state index is 0.228.